The van der Waals surface area contributed by atoms with Crippen LogP contribution in [-0.4, -0.2) is 108 Å². The summed E-state index contributed by atoms with van der Waals surface area (Å²) in [6.07, 6.45) is 0.965. The number of aliphatic hydroxyl groups is 1. The number of carbonyl (C=O) groups excluding carboxylic acids is 5. The first-order chi connectivity index (χ1) is 33.2. The second-order valence-corrected chi connectivity index (χ2v) is 20.3. The number of nitrogens with one attached hydrogen (secondary N) is 6. The standard InChI is InChI=1S/C48H57F4IN8O8S/c1-27-41(70-26-57-27)28-8-9-29(23-56-44(65)36-22-31(62)24-61(36)45(66)42(47(2,3)4)59-46(67)48(52)14-15-48)37(20-28)68-25-38(63)55-18-6-5-16-54-17-7-19-69-60-43(64)32-11-12-33(49)39(51)40(32)58-35-13-10-30(53)21-34(35)50/h8-13,20-21,26,31,36,42,54,58,62H,5-7,14-19,22-25H2,1-4H3,(H,55,63)(H,56,65)(H,59,67)(H,60,64)/t31-,36+,42-/m1/s1. The van der Waals surface area contributed by atoms with Crippen LogP contribution >= 0.6 is 33.9 Å². The normalized spacial score (nSPS) is 16.6. The van der Waals surface area contributed by atoms with Crippen molar-refractivity contribution in [2.75, 3.05) is 44.7 Å². The minimum absolute atomic E-state index is 0.0400. The summed E-state index contributed by atoms with van der Waals surface area (Å²) >= 11 is 3.34. The molecule has 70 heavy (non-hydrogen) atoms. The van der Waals surface area contributed by atoms with Gasteiger partial charge in [-0.3, -0.25) is 28.8 Å². The zero-order valence-electron chi connectivity index (χ0n) is 39.1. The molecule has 0 bridgehead atoms. The summed E-state index contributed by atoms with van der Waals surface area (Å²) in [5.41, 5.74) is 2.26. The van der Waals surface area contributed by atoms with Gasteiger partial charge in [0.1, 0.15) is 23.7 Å². The van der Waals surface area contributed by atoms with Crippen molar-refractivity contribution in [1.29, 1.82) is 0 Å². The average molecular weight is 1110 g/mol. The number of carbonyl (C=O) groups is 5. The first kappa shape index (κ1) is 53.9. The molecule has 0 spiro atoms. The van der Waals surface area contributed by atoms with E-state index in [0.717, 1.165) is 34.7 Å². The average Bonchev–Trinajstić information content (AvgIpc) is 3.72. The number of nitrogens with zero attached hydrogens (tertiary/aromatic N) is 2. The lowest BCUT2D eigenvalue weighted by Gasteiger charge is -2.35. The van der Waals surface area contributed by atoms with E-state index in [1.54, 1.807) is 44.5 Å². The molecule has 7 N–H and O–H groups in total. The number of β-amino-alcohol motifs (C(OH)–C–C–N with tert-alkyl or cyclic N) is 1. The van der Waals surface area contributed by atoms with Gasteiger partial charge in [0.25, 0.3) is 17.7 Å². The van der Waals surface area contributed by atoms with Crippen molar-refractivity contribution in [3.8, 4) is 16.2 Å². The molecule has 2 heterocycles. The molecular formula is C48H57F4IN8O8S. The minimum atomic E-state index is -2.01. The molecule has 2 fully saturated rings. The molecule has 3 atom stereocenters. The fraction of sp³-hybridized carbons (Fsp3) is 0.458. The van der Waals surface area contributed by atoms with E-state index in [1.807, 2.05) is 35.6 Å². The van der Waals surface area contributed by atoms with Crippen molar-refractivity contribution < 1.29 is 56.2 Å². The lowest BCUT2D eigenvalue weighted by atomic mass is 9.85. The summed E-state index contributed by atoms with van der Waals surface area (Å²) in [4.78, 5) is 77.7. The SMILES string of the molecule is Cc1ncsc1-c1ccc(CNC(=O)[C@@H]2C[C@@H](O)CN2C(=O)[C@@H](NC(=O)C2(F)CC2)C(C)(C)C)c(OCC(=O)NCCCCNCCCONC(=O)c2ccc(F)c(F)c2Nc2ccc(I)cc2F)c1. The predicted octanol–water partition coefficient (Wildman–Crippen LogP) is 6.11. The number of hydrogen-bond donors (Lipinski definition) is 7. The van der Waals surface area contributed by atoms with Crippen LogP contribution in [0.25, 0.3) is 10.4 Å². The van der Waals surface area contributed by atoms with Gasteiger partial charge in [-0.15, -0.1) is 11.3 Å². The molecule has 1 aliphatic heterocycles. The van der Waals surface area contributed by atoms with Crippen molar-refractivity contribution in [1.82, 2.24) is 36.6 Å². The first-order valence-corrected chi connectivity index (χ1v) is 24.7. The van der Waals surface area contributed by atoms with Crippen LogP contribution in [0.5, 0.6) is 5.75 Å². The number of likely N-dealkylation sites (tertiary alicyclic amines) is 1. The molecule has 5 amide bonds. The highest BCUT2D eigenvalue weighted by atomic mass is 127. The highest BCUT2D eigenvalue weighted by molar-refractivity contribution is 14.1. The minimum Gasteiger partial charge on any atom is -0.483 e. The van der Waals surface area contributed by atoms with Crippen molar-refractivity contribution in [2.45, 2.75) is 96.6 Å². The van der Waals surface area contributed by atoms with Gasteiger partial charge >= 0.3 is 0 Å². The Labute approximate surface area is 420 Å². The molecule has 6 rings (SSSR count). The van der Waals surface area contributed by atoms with Crippen molar-refractivity contribution >= 4 is 74.8 Å². The number of unbranched alkanes of at least 4 members (excludes halogenated alkanes) is 1. The van der Waals surface area contributed by atoms with Gasteiger partial charge in [0.05, 0.1) is 45.7 Å². The number of anilines is 2. The van der Waals surface area contributed by atoms with Gasteiger partial charge in [-0.05, 0) is 122 Å². The summed E-state index contributed by atoms with van der Waals surface area (Å²) in [5.74, 6) is -6.18. The summed E-state index contributed by atoms with van der Waals surface area (Å²) < 4.78 is 64.4. The van der Waals surface area contributed by atoms with E-state index in [2.05, 4.69) is 37.0 Å². The largest absolute Gasteiger partial charge is 0.483 e. The molecule has 0 unspecified atom stereocenters. The monoisotopic (exact) mass is 1110 g/mol. The van der Waals surface area contributed by atoms with E-state index in [4.69, 9.17) is 9.57 Å². The lowest BCUT2D eigenvalue weighted by Crippen LogP contribution is -2.59. The maximum atomic E-state index is 14.7. The number of alkyl halides is 1. The number of amides is 5. The molecule has 22 heteroatoms. The molecule has 378 valence electrons. The molecule has 4 aromatic rings. The predicted molar refractivity (Wildman–Crippen MR) is 262 cm³/mol. The topological polar surface area (TPSA) is 212 Å². The van der Waals surface area contributed by atoms with Gasteiger partial charge in [0.2, 0.25) is 11.8 Å². The third-order valence-corrected chi connectivity index (χ3v) is 13.3. The Morgan fingerprint density at radius 3 is 2.41 bits per heavy atom. The first-order valence-electron chi connectivity index (χ1n) is 22.8. The Kier molecular flexibility index (Phi) is 18.6. The Morgan fingerprint density at radius 1 is 0.971 bits per heavy atom. The Hall–Kier alpha value is -5.43. The molecule has 16 nitrogen and oxygen atoms in total. The quantitative estimate of drug-likeness (QED) is 0.0195. The number of aromatic nitrogens is 1. The fourth-order valence-electron chi connectivity index (χ4n) is 7.52. The Balaban J connectivity index is 0.922. The van der Waals surface area contributed by atoms with Crippen molar-refractivity contribution in [2.24, 2.45) is 5.41 Å². The highest BCUT2D eigenvalue weighted by Crippen LogP contribution is 2.41. The molecule has 1 saturated heterocycles. The second kappa shape index (κ2) is 24.1. The number of hydrogen-bond acceptors (Lipinski definition) is 12. The van der Waals surface area contributed by atoms with E-state index in [1.165, 1.54) is 28.4 Å². The van der Waals surface area contributed by atoms with Crippen molar-refractivity contribution in [3.05, 3.63) is 91.9 Å². The van der Waals surface area contributed by atoms with Gasteiger partial charge in [-0.1, -0.05) is 32.9 Å². The van der Waals surface area contributed by atoms with Crippen LogP contribution in [0.4, 0.5) is 28.9 Å². The summed E-state index contributed by atoms with van der Waals surface area (Å²) in [6.45, 7) is 8.16. The number of hydroxylamine groups is 1. The maximum absolute atomic E-state index is 14.7. The van der Waals surface area contributed by atoms with Crippen LogP contribution in [0.3, 0.4) is 0 Å². The number of ether oxygens (including phenoxy) is 1. The third kappa shape index (κ3) is 14.3. The van der Waals surface area contributed by atoms with Gasteiger partial charge in [-0.25, -0.2) is 28.0 Å². The van der Waals surface area contributed by atoms with Gasteiger partial charge in [0, 0.05) is 35.2 Å². The molecule has 3 aromatic carbocycles. The number of aliphatic hydroxyl groups excluding tert-OH is 1. The number of halogens is 5. The highest BCUT2D eigenvalue weighted by Gasteiger charge is 2.53. The van der Waals surface area contributed by atoms with Gasteiger partial charge < -0.3 is 41.3 Å². The van der Waals surface area contributed by atoms with Crippen LogP contribution in [-0.2, 0) is 30.6 Å². The van der Waals surface area contributed by atoms with Crippen LogP contribution in [0, 0.1) is 33.4 Å². The van der Waals surface area contributed by atoms with Crippen LogP contribution < -0.4 is 36.8 Å². The van der Waals surface area contributed by atoms with Crippen LogP contribution in [0.1, 0.15) is 80.9 Å². The molecule has 1 aromatic heterocycles. The van der Waals surface area contributed by atoms with E-state index in [9.17, 15) is 46.6 Å². The molecule has 0 radical (unpaired) electrons. The number of aryl methyl sites for hydroxylation is 1. The van der Waals surface area contributed by atoms with Crippen LogP contribution in [0.15, 0.2) is 54.0 Å². The van der Waals surface area contributed by atoms with E-state index in [-0.39, 0.29) is 62.7 Å². The van der Waals surface area contributed by atoms with E-state index < -0.39 is 76.0 Å². The third-order valence-electron chi connectivity index (χ3n) is 11.6. The summed E-state index contributed by atoms with van der Waals surface area (Å²) in [7, 11) is 0. The fourth-order valence-corrected chi connectivity index (χ4v) is 8.78. The van der Waals surface area contributed by atoms with E-state index >= 15 is 0 Å². The number of benzene rings is 3. The van der Waals surface area contributed by atoms with Crippen molar-refractivity contribution in [3.63, 3.8) is 0 Å². The maximum Gasteiger partial charge on any atom is 0.277 e. The molecular weight excluding hydrogens is 1050 g/mol. The Morgan fingerprint density at radius 2 is 1.71 bits per heavy atom. The summed E-state index contributed by atoms with van der Waals surface area (Å²) in [5, 5.41) is 24.5. The number of thiazole rings is 1. The van der Waals surface area contributed by atoms with E-state index in [0.29, 0.717) is 47.4 Å². The Bertz CT molecular complexity index is 2540. The zero-order chi connectivity index (χ0) is 50.8. The molecule has 1 aliphatic carbocycles. The zero-order valence-corrected chi connectivity index (χ0v) is 42.1. The lowest BCUT2D eigenvalue weighted by molar-refractivity contribution is -0.145. The molecule has 2 aliphatic rings. The molecule has 1 saturated carbocycles. The smallest absolute Gasteiger partial charge is 0.277 e. The van der Waals surface area contributed by atoms with Gasteiger partial charge in [0.15, 0.2) is 23.9 Å². The van der Waals surface area contributed by atoms with Crippen LogP contribution in [0.2, 0.25) is 0 Å². The second-order valence-electron chi connectivity index (χ2n) is 18.2. The summed E-state index contributed by atoms with van der Waals surface area (Å²) in [6, 6.07) is 9.13. The number of rotatable bonds is 23. The van der Waals surface area contributed by atoms with Gasteiger partial charge in [-0.2, -0.15) is 0 Å².